The minimum Gasteiger partial charge on any atom is -0.486 e. The number of hydrogen-bond acceptors (Lipinski definition) is 8. The first-order valence-electron chi connectivity index (χ1n) is 10.5. The Bertz CT molecular complexity index is 1260. The van der Waals surface area contributed by atoms with Crippen LogP contribution in [0.25, 0.3) is 11.0 Å². The van der Waals surface area contributed by atoms with Crippen LogP contribution in [0.5, 0.6) is 11.5 Å². The van der Waals surface area contributed by atoms with Crippen molar-refractivity contribution in [3.63, 3.8) is 0 Å². The van der Waals surface area contributed by atoms with Gasteiger partial charge in [0.15, 0.2) is 23.1 Å². The third-order valence-electron chi connectivity index (χ3n) is 5.33. The molecule has 1 N–H and O–H groups in total. The molecule has 1 saturated heterocycles. The van der Waals surface area contributed by atoms with Gasteiger partial charge in [-0.25, -0.2) is 18.4 Å². The molecule has 2 aliphatic heterocycles. The summed E-state index contributed by atoms with van der Waals surface area (Å²) in [4.78, 5) is 11.4. The van der Waals surface area contributed by atoms with Crippen LogP contribution in [0, 0.1) is 0 Å². The van der Waals surface area contributed by atoms with Crippen molar-refractivity contribution in [3.8, 4) is 11.5 Å². The zero-order valence-corrected chi connectivity index (χ0v) is 18.6. The Morgan fingerprint density at radius 1 is 0.938 bits per heavy atom. The maximum atomic E-state index is 13.3. The quantitative estimate of drug-likeness (QED) is 0.639. The molecule has 32 heavy (non-hydrogen) atoms. The number of ether oxygens (including phenoxy) is 3. The van der Waals surface area contributed by atoms with Gasteiger partial charge in [0.2, 0.25) is 0 Å². The normalized spacial score (nSPS) is 20.9. The minimum absolute atomic E-state index is 0.0192. The molecule has 10 heteroatoms. The molecule has 3 heterocycles. The van der Waals surface area contributed by atoms with Gasteiger partial charge in [0.25, 0.3) is 10.0 Å². The number of para-hydroxylation sites is 2. The SMILES string of the molecule is C[C@@H]1CN(c2nc3ccccc3nc2NS(=O)(=O)c2ccc3c(c2)OCCO3)C[C@@H](C)O1. The van der Waals surface area contributed by atoms with Crippen LogP contribution < -0.4 is 19.1 Å². The van der Waals surface area contributed by atoms with Gasteiger partial charge in [-0.3, -0.25) is 4.72 Å². The van der Waals surface area contributed by atoms with Crippen LogP contribution in [0.2, 0.25) is 0 Å². The van der Waals surface area contributed by atoms with Crippen molar-refractivity contribution in [2.24, 2.45) is 0 Å². The lowest BCUT2D eigenvalue weighted by atomic mass is 10.2. The van der Waals surface area contributed by atoms with Crippen molar-refractivity contribution >= 4 is 32.7 Å². The van der Waals surface area contributed by atoms with E-state index < -0.39 is 10.0 Å². The Kier molecular flexibility index (Phi) is 5.26. The second kappa shape index (κ2) is 8.10. The summed E-state index contributed by atoms with van der Waals surface area (Å²) >= 11 is 0. The maximum Gasteiger partial charge on any atom is 0.263 e. The van der Waals surface area contributed by atoms with E-state index in [1.807, 2.05) is 36.9 Å². The molecule has 0 bridgehead atoms. The van der Waals surface area contributed by atoms with Gasteiger partial charge < -0.3 is 19.1 Å². The summed E-state index contributed by atoms with van der Waals surface area (Å²) in [6, 6.07) is 11.9. The fourth-order valence-corrected chi connectivity index (χ4v) is 5.03. The van der Waals surface area contributed by atoms with Crippen LogP contribution in [-0.4, -0.2) is 56.9 Å². The number of rotatable bonds is 4. The maximum absolute atomic E-state index is 13.3. The van der Waals surface area contributed by atoms with Gasteiger partial charge in [0, 0.05) is 19.2 Å². The van der Waals surface area contributed by atoms with Gasteiger partial charge in [0.1, 0.15) is 13.2 Å². The Hall–Kier alpha value is -3.11. The zero-order chi connectivity index (χ0) is 22.3. The van der Waals surface area contributed by atoms with Crippen molar-refractivity contribution in [1.29, 1.82) is 0 Å². The Morgan fingerprint density at radius 2 is 1.59 bits per heavy atom. The number of aromatic nitrogens is 2. The van der Waals surface area contributed by atoms with Gasteiger partial charge in [-0.05, 0) is 38.1 Å². The lowest BCUT2D eigenvalue weighted by molar-refractivity contribution is -0.00540. The number of sulfonamides is 1. The molecule has 0 saturated carbocycles. The summed E-state index contributed by atoms with van der Waals surface area (Å²) in [5.74, 6) is 1.59. The van der Waals surface area contributed by atoms with Gasteiger partial charge in [-0.15, -0.1) is 0 Å². The van der Waals surface area contributed by atoms with E-state index in [2.05, 4.69) is 9.71 Å². The highest BCUT2D eigenvalue weighted by molar-refractivity contribution is 7.92. The zero-order valence-electron chi connectivity index (χ0n) is 17.8. The molecule has 1 fully saturated rings. The standard InChI is InChI=1S/C22H24N4O5S/c1-14-12-26(13-15(2)31-14)22-21(23-17-5-3-4-6-18(17)24-22)25-32(27,28)16-7-8-19-20(11-16)30-10-9-29-19/h3-8,11,14-15H,9-10,12-13H2,1-2H3,(H,23,25)/t14-,15-/m1/s1. The number of benzene rings is 2. The molecule has 3 aromatic rings. The fourth-order valence-electron chi connectivity index (χ4n) is 4.01. The average Bonchev–Trinajstić information content (AvgIpc) is 2.77. The van der Waals surface area contributed by atoms with E-state index >= 15 is 0 Å². The van der Waals surface area contributed by atoms with Crippen LogP contribution in [0.1, 0.15) is 13.8 Å². The molecule has 0 amide bonds. The summed E-state index contributed by atoms with van der Waals surface area (Å²) in [7, 11) is -3.95. The molecule has 0 unspecified atom stereocenters. The van der Waals surface area contributed by atoms with Crippen molar-refractivity contribution < 1.29 is 22.6 Å². The first-order chi connectivity index (χ1) is 15.4. The van der Waals surface area contributed by atoms with E-state index in [0.717, 1.165) is 0 Å². The van der Waals surface area contributed by atoms with E-state index in [4.69, 9.17) is 19.2 Å². The van der Waals surface area contributed by atoms with Crippen molar-refractivity contribution in [2.45, 2.75) is 31.0 Å². The highest BCUT2D eigenvalue weighted by Crippen LogP contribution is 2.34. The lowest BCUT2D eigenvalue weighted by Gasteiger charge is -2.36. The summed E-state index contributed by atoms with van der Waals surface area (Å²) in [5.41, 5.74) is 1.29. The van der Waals surface area contributed by atoms with Gasteiger partial charge in [-0.1, -0.05) is 12.1 Å². The molecule has 168 valence electrons. The van der Waals surface area contributed by atoms with E-state index in [1.54, 1.807) is 12.1 Å². The van der Waals surface area contributed by atoms with Crippen LogP contribution in [-0.2, 0) is 14.8 Å². The molecule has 9 nitrogen and oxygen atoms in total. The van der Waals surface area contributed by atoms with Crippen molar-refractivity contribution in [3.05, 3.63) is 42.5 Å². The Balaban J connectivity index is 1.55. The predicted molar refractivity (Wildman–Crippen MR) is 120 cm³/mol. The molecular weight excluding hydrogens is 432 g/mol. The molecule has 0 aliphatic carbocycles. The van der Waals surface area contributed by atoms with Gasteiger partial charge >= 0.3 is 0 Å². The average molecular weight is 457 g/mol. The summed E-state index contributed by atoms with van der Waals surface area (Å²) < 4.78 is 46.1. The Labute approximate surface area is 186 Å². The van der Waals surface area contributed by atoms with E-state index in [-0.39, 0.29) is 22.9 Å². The molecule has 1 aromatic heterocycles. The fraction of sp³-hybridized carbons (Fsp3) is 0.364. The Morgan fingerprint density at radius 3 is 2.31 bits per heavy atom. The third-order valence-corrected chi connectivity index (χ3v) is 6.66. The number of morpholine rings is 1. The van der Waals surface area contributed by atoms with Gasteiger partial charge in [0.05, 0.1) is 28.1 Å². The topological polar surface area (TPSA) is 103 Å². The smallest absolute Gasteiger partial charge is 0.263 e. The van der Waals surface area contributed by atoms with E-state index in [9.17, 15) is 8.42 Å². The predicted octanol–water partition coefficient (Wildman–Crippen LogP) is 2.82. The first kappa shape index (κ1) is 20.8. The lowest BCUT2D eigenvalue weighted by Crippen LogP contribution is -2.46. The molecule has 0 spiro atoms. The molecule has 0 radical (unpaired) electrons. The summed E-state index contributed by atoms with van der Waals surface area (Å²) in [5, 5.41) is 0. The second-order valence-electron chi connectivity index (χ2n) is 7.96. The van der Waals surface area contributed by atoms with Crippen LogP contribution in [0.3, 0.4) is 0 Å². The number of nitrogens with one attached hydrogen (secondary N) is 1. The second-order valence-corrected chi connectivity index (χ2v) is 9.64. The highest BCUT2D eigenvalue weighted by atomic mass is 32.2. The van der Waals surface area contributed by atoms with Crippen molar-refractivity contribution in [2.75, 3.05) is 35.9 Å². The summed E-state index contributed by atoms with van der Waals surface area (Å²) in [6.07, 6.45) is -0.0384. The largest absolute Gasteiger partial charge is 0.486 e. The summed E-state index contributed by atoms with van der Waals surface area (Å²) in [6.45, 7) is 5.93. The van der Waals surface area contributed by atoms with Gasteiger partial charge in [-0.2, -0.15) is 0 Å². The minimum atomic E-state index is -3.95. The van der Waals surface area contributed by atoms with E-state index in [0.29, 0.717) is 54.7 Å². The molecule has 5 rings (SSSR count). The van der Waals surface area contributed by atoms with Crippen LogP contribution >= 0.6 is 0 Å². The molecule has 2 aliphatic rings. The molecule has 2 atom stereocenters. The first-order valence-corrected chi connectivity index (χ1v) is 12.0. The van der Waals surface area contributed by atoms with Crippen molar-refractivity contribution in [1.82, 2.24) is 9.97 Å². The monoisotopic (exact) mass is 456 g/mol. The van der Waals surface area contributed by atoms with Crippen LogP contribution in [0.4, 0.5) is 11.6 Å². The molecule has 2 aromatic carbocycles. The number of anilines is 2. The highest BCUT2D eigenvalue weighted by Gasteiger charge is 2.28. The number of fused-ring (bicyclic) bond motifs is 2. The number of nitrogens with zero attached hydrogens (tertiary/aromatic N) is 3. The number of hydrogen-bond donors (Lipinski definition) is 1. The van der Waals surface area contributed by atoms with Crippen LogP contribution in [0.15, 0.2) is 47.4 Å². The molecular formula is C22H24N4O5S. The third kappa shape index (κ3) is 4.03. The van der Waals surface area contributed by atoms with E-state index in [1.165, 1.54) is 12.1 Å².